The Morgan fingerprint density at radius 3 is 2.25 bits per heavy atom. The summed E-state index contributed by atoms with van der Waals surface area (Å²) in [7, 11) is 0. The normalized spacial score (nSPS) is 50.2. The van der Waals surface area contributed by atoms with Crippen molar-refractivity contribution in [3.63, 3.8) is 0 Å². The lowest BCUT2D eigenvalue weighted by Gasteiger charge is -2.64. The van der Waals surface area contributed by atoms with Gasteiger partial charge in [-0.15, -0.1) is 0 Å². The van der Waals surface area contributed by atoms with E-state index < -0.39 is 0 Å². The van der Waals surface area contributed by atoms with Crippen molar-refractivity contribution in [2.24, 2.45) is 34.3 Å². The number of rotatable bonds is 3. The molecule has 1 nitrogen and oxygen atoms in total. The standard InChI is InChI=1S/C15H27N/c1-11(2)15-8-12-5-13(9-15)7-14(6-12,10-15)3-4-16/h11-13H,3-10,16H2,1-2H3. The Morgan fingerprint density at radius 2 is 1.75 bits per heavy atom. The van der Waals surface area contributed by atoms with Crippen molar-refractivity contribution in [1.29, 1.82) is 0 Å². The highest BCUT2D eigenvalue weighted by Crippen LogP contribution is 2.68. The minimum absolute atomic E-state index is 0.670. The van der Waals surface area contributed by atoms with Crippen LogP contribution in [0.25, 0.3) is 0 Å². The first kappa shape index (κ1) is 11.1. The molecule has 0 spiro atoms. The van der Waals surface area contributed by atoms with Gasteiger partial charge in [0.25, 0.3) is 0 Å². The van der Waals surface area contributed by atoms with E-state index in [1.165, 1.54) is 38.5 Å². The topological polar surface area (TPSA) is 26.0 Å². The van der Waals surface area contributed by atoms with Gasteiger partial charge in [-0.2, -0.15) is 0 Å². The van der Waals surface area contributed by atoms with Crippen molar-refractivity contribution >= 4 is 0 Å². The van der Waals surface area contributed by atoms with Gasteiger partial charge in [-0.05, 0) is 80.1 Å². The second-order valence-electron chi connectivity index (χ2n) is 7.52. The Hall–Kier alpha value is -0.0400. The van der Waals surface area contributed by atoms with Gasteiger partial charge in [-0.3, -0.25) is 0 Å². The van der Waals surface area contributed by atoms with Crippen molar-refractivity contribution in [1.82, 2.24) is 0 Å². The molecule has 4 bridgehead atoms. The lowest BCUT2D eigenvalue weighted by atomic mass is 9.41. The molecule has 2 N–H and O–H groups in total. The highest BCUT2D eigenvalue weighted by Gasteiger charge is 2.57. The molecule has 4 saturated carbocycles. The second kappa shape index (κ2) is 3.48. The molecule has 4 aliphatic carbocycles. The van der Waals surface area contributed by atoms with Crippen LogP contribution < -0.4 is 5.73 Å². The molecule has 16 heavy (non-hydrogen) atoms. The van der Waals surface area contributed by atoms with Crippen LogP contribution in [0.5, 0.6) is 0 Å². The van der Waals surface area contributed by atoms with Crippen LogP contribution in [0.1, 0.15) is 58.8 Å². The zero-order valence-corrected chi connectivity index (χ0v) is 11.0. The SMILES string of the molecule is CC(C)C12CC3CC(CC(CCN)(C3)C1)C2. The molecule has 4 aliphatic rings. The van der Waals surface area contributed by atoms with Crippen molar-refractivity contribution in [3.8, 4) is 0 Å². The Labute approximate surface area is 100 Å². The van der Waals surface area contributed by atoms with E-state index in [4.69, 9.17) is 5.73 Å². The Balaban J connectivity index is 1.90. The fourth-order valence-electron chi connectivity index (χ4n) is 5.80. The average Bonchev–Trinajstić information content (AvgIpc) is 2.14. The smallest absolute Gasteiger partial charge is 0.00720 e. The summed E-state index contributed by atoms with van der Waals surface area (Å²) in [5.74, 6) is 2.99. The van der Waals surface area contributed by atoms with Gasteiger partial charge >= 0.3 is 0 Å². The minimum atomic E-state index is 0.670. The van der Waals surface area contributed by atoms with Gasteiger partial charge < -0.3 is 5.73 Å². The fraction of sp³-hybridized carbons (Fsp3) is 1.00. The van der Waals surface area contributed by atoms with Crippen LogP contribution in [0.15, 0.2) is 0 Å². The van der Waals surface area contributed by atoms with E-state index in [9.17, 15) is 0 Å². The highest BCUT2D eigenvalue weighted by molar-refractivity contribution is 5.08. The van der Waals surface area contributed by atoms with Gasteiger partial charge in [0.2, 0.25) is 0 Å². The predicted molar refractivity (Wildman–Crippen MR) is 68.1 cm³/mol. The summed E-state index contributed by atoms with van der Waals surface area (Å²) in [6.45, 7) is 5.83. The van der Waals surface area contributed by atoms with E-state index in [1.807, 2.05) is 0 Å². The summed E-state index contributed by atoms with van der Waals surface area (Å²) in [6.07, 6.45) is 10.4. The van der Waals surface area contributed by atoms with Crippen LogP contribution in [0.3, 0.4) is 0 Å². The Bertz CT molecular complexity index is 267. The monoisotopic (exact) mass is 221 g/mol. The van der Waals surface area contributed by atoms with E-state index >= 15 is 0 Å². The third-order valence-corrected chi connectivity index (χ3v) is 6.13. The number of hydrogen-bond acceptors (Lipinski definition) is 1. The third-order valence-electron chi connectivity index (χ3n) is 6.13. The first-order valence-corrected chi connectivity index (χ1v) is 7.28. The number of nitrogens with two attached hydrogens (primary N) is 1. The van der Waals surface area contributed by atoms with Gasteiger partial charge in [0.15, 0.2) is 0 Å². The zero-order chi connectivity index (χ0) is 11.4. The van der Waals surface area contributed by atoms with Crippen LogP contribution in [0, 0.1) is 28.6 Å². The highest BCUT2D eigenvalue weighted by atomic mass is 14.6. The molecular weight excluding hydrogens is 194 g/mol. The third kappa shape index (κ3) is 1.47. The molecule has 1 heteroatoms. The fourth-order valence-corrected chi connectivity index (χ4v) is 5.80. The summed E-state index contributed by atoms with van der Waals surface area (Å²) in [6, 6.07) is 0. The number of hydrogen-bond donors (Lipinski definition) is 1. The largest absolute Gasteiger partial charge is 0.330 e. The van der Waals surface area contributed by atoms with Gasteiger partial charge in [-0.25, -0.2) is 0 Å². The van der Waals surface area contributed by atoms with E-state index in [2.05, 4.69) is 13.8 Å². The molecule has 0 saturated heterocycles. The molecule has 0 amide bonds. The summed E-state index contributed by atoms with van der Waals surface area (Å²) in [5, 5.41) is 0. The lowest BCUT2D eigenvalue weighted by Crippen LogP contribution is -2.54. The summed E-state index contributed by atoms with van der Waals surface area (Å²) < 4.78 is 0. The van der Waals surface area contributed by atoms with E-state index in [0.717, 1.165) is 24.3 Å². The van der Waals surface area contributed by atoms with Crippen LogP contribution in [0.4, 0.5) is 0 Å². The molecule has 4 rings (SSSR count). The first-order valence-electron chi connectivity index (χ1n) is 7.28. The molecule has 0 aliphatic heterocycles. The quantitative estimate of drug-likeness (QED) is 0.774. The lowest BCUT2D eigenvalue weighted by molar-refractivity contribution is -0.132. The average molecular weight is 221 g/mol. The maximum absolute atomic E-state index is 5.87. The summed E-state index contributed by atoms with van der Waals surface area (Å²) in [5.41, 5.74) is 7.25. The Kier molecular flexibility index (Phi) is 2.41. The van der Waals surface area contributed by atoms with Gasteiger partial charge in [0.1, 0.15) is 0 Å². The molecule has 92 valence electrons. The molecule has 0 aromatic heterocycles. The maximum Gasteiger partial charge on any atom is -0.00720 e. The van der Waals surface area contributed by atoms with E-state index in [-0.39, 0.29) is 0 Å². The maximum atomic E-state index is 5.87. The predicted octanol–water partition coefficient (Wildman–Crippen LogP) is 3.58. The van der Waals surface area contributed by atoms with Gasteiger partial charge in [0.05, 0.1) is 0 Å². The molecule has 4 fully saturated rings. The van der Waals surface area contributed by atoms with E-state index in [0.29, 0.717) is 10.8 Å². The molecule has 0 radical (unpaired) electrons. The Morgan fingerprint density at radius 1 is 1.12 bits per heavy atom. The van der Waals surface area contributed by atoms with Gasteiger partial charge in [-0.1, -0.05) is 13.8 Å². The van der Waals surface area contributed by atoms with Crippen molar-refractivity contribution in [2.75, 3.05) is 6.54 Å². The summed E-state index contributed by atoms with van der Waals surface area (Å²) >= 11 is 0. The van der Waals surface area contributed by atoms with Crippen molar-refractivity contribution < 1.29 is 0 Å². The van der Waals surface area contributed by atoms with Crippen molar-refractivity contribution in [2.45, 2.75) is 58.8 Å². The molecule has 2 unspecified atom stereocenters. The summed E-state index contributed by atoms with van der Waals surface area (Å²) in [4.78, 5) is 0. The molecule has 0 aromatic carbocycles. The van der Waals surface area contributed by atoms with Crippen LogP contribution in [0.2, 0.25) is 0 Å². The van der Waals surface area contributed by atoms with Gasteiger partial charge in [0, 0.05) is 0 Å². The molecule has 0 aromatic rings. The minimum Gasteiger partial charge on any atom is -0.330 e. The molecule has 2 atom stereocenters. The zero-order valence-electron chi connectivity index (χ0n) is 11.0. The first-order chi connectivity index (χ1) is 7.57. The van der Waals surface area contributed by atoms with Crippen LogP contribution in [-0.4, -0.2) is 6.54 Å². The second-order valence-corrected chi connectivity index (χ2v) is 7.52. The molecular formula is C15H27N. The van der Waals surface area contributed by atoms with Crippen LogP contribution >= 0.6 is 0 Å². The van der Waals surface area contributed by atoms with E-state index in [1.54, 1.807) is 6.42 Å². The van der Waals surface area contributed by atoms with Crippen LogP contribution in [-0.2, 0) is 0 Å². The molecule has 0 heterocycles. The van der Waals surface area contributed by atoms with Crippen molar-refractivity contribution in [3.05, 3.63) is 0 Å².